The van der Waals surface area contributed by atoms with Gasteiger partial charge in [-0.15, -0.1) is 0 Å². The Labute approximate surface area is 195 Å². The molecular formula is C24H27BrN2O5. The van der Waals surface area contributed by atoms with E-state index in [0.29, 0.717) is 19.4 Å². The third-order valence-corrected chi connectivity index (χ3v) is 6.58. The van der Waals surface area contributed by atoms with Crippen LogP contribution in [0.3, 0.4) is 0 Å². The summed E-state index contributed by atoms with van der Waals surface area (Å²) in [4.78, 5) is 4.77. The van der Waals surface area contributed by atoms with E-state index < -0.39 is 24.1 Å². The number of rotatable bonds is 7. The van der Waals surface area contributed by atoms with Crippen molar-refractivity contribution in [2.75, 3.05) is 12.4 Å². The Bertz CT molecular complexity index is 1090. The van der Waals surface area contributed by atoms with Crippen molar-refractivity contribution in [3.63, 3.8) is 0 Å². The van der Waals surface area contributed by atoms with Crippen LogP contribution in [0.5, 0.6) is 5.75 Å². The van der Waals surface area contributed by atoms with Crippen molar-refractivity contribution < 1.29 is 24.8 Å². The van der Waals surface area contributed by atoms with Crippen LogP contribution in [0, 0.1) is 0 Å². The van der Waals surface area contributed by atoms with E-state index in [1.807, 2.05) is 48.5 Å². The summed E-state index contributed by atoms with van der Waals surface area (Å²) in [7, 11) is 1.65. The zero-order valence-corrected chi connectivity index (χ0v) is 19.5. The van der Waals surface area contributed by atoms with Gasteiger partial charge in [-0.3, -0.25) is 0 Å². The Morgan fingerprint density at radius 2 is 1.84 bits per heavy atom. The lowest BCUT2D eigenvalue weighted by Crippen LogP contribution is -2.45. The highest BCUT2D eigenvalue weighted by Gasteiger charge is 2.51. The maximum Gasteiger partial charge on any atom is 0.184 e. The fourth-order valence-corrected chi connectivity index (χ4v) is 4.39. The number of ether oxygens (including phenoxy) is 2. The number of aryl methyl sites for hydroxylation is 1. The smallest absolute Gasteiger partial charge is 0.184 e. The van der Waals surface area contributed by atoms with Gasteiger partial charge in [-0.25, -0.2) is 4.98 Å². The van der Waals surface area contributed by atoms with Crippen molar-refractivity contribution in [1.82, 2.24) is 4.98 Å². The number of anilines is 1. The molecule has 0 saturated carbocycles. The van der Waals surface area contributed by atoms with E-state index in [-0.39, 0.29) is 0 Å². The number of hydrogen-bond acceptors (Lipinski definition) is 7. The van der Waals surface area contributed by atoms with Gasteiger partial charge in [0.05, 0.1) is 23.2 Å². The van der Waals surface area contributed by atoms with Crippen LogP contribution in [0.2, 0.25) is 0 Å². The van der Waals surface area contributed by atoms with Crippen LogP contribution in [-0.2, 0) is 17.7 Å². The number of methoxy groups -OCH3 is 1. The van der Waals surface area contributed by atoms with Crippen LogP contribution in [0.1, 0.15) is 24.5 Å². The fraction of sp³-hybridized carbons (Fsp3) is 0.375. The Balaban J connectivity index is 1.46. The van der Waals surface area contributed by atoms with Gasteiger partial charge in [0, 0.05) is 11.9 Å². The van der Waals surface area contributed by atoms with E-state index in [0.717, 1.165) is 38.1 Å². The molecule has 0 unspecified atom stereocenters. The molecule has 0 amide bonds. The predicted molar refractivity (Wildman–Crippen MR) is 126 cm³/mol. The molecule has 1 aliphatic rings. The molecule has 3 aromatic rings. The average molecular weight is 503 g/mol. The lowest BCUT2D eigenvalue weighted by molar-refractivity contribution is -0.128. The van der Waals surface area contributed by atoms with Crippen LogP contribution < -0.4 is 10.1 Å². The number of aromatic nitrogens is 1. The summed E-state index contributed by atoms with van der Waals surface area (Å²) >= 11 is 3.59. The van der Waals surface area contributed by atoms with Gasteiger partial charge >= 0.3 is 0 Å². The van der Waals surface area contributed by atoms with Gasteiger partial charge in [0.25, 0.3) is 0 Å². The normalized spacial score (nSPS) is 25.2. The molecular weight excluding hydrogens is 476 g/mol. The number of aliphatic hydroxyl groups is 3. The molecule has 1 aliphatic heterocycles. The second kappa shape index (κ2) is 9.33. The van der Waals surface area contributed by atoms with Gasteiger partial charge < -0.3 is 30.1 Å². The molecule has 4 N–H and O–H groups in total. The molecule has 1 aromatic heterocycles. The van der Waals surface area contributed by atoms with Gasteiger partial charge in [0.1, 0.15) is 23.3 Å². The summed E-state index contributed by atoms with van der Waals surface area (Å²) in [5.41, 5.74) is 1.50. The van der Waals surface area contributed by atoms with Crippen LogP contribution >= 0.6 is 15.9 Å². The molecule has 8 heteroatoms. The number of nitrogens with zero attached hydrogens (tertiary/aromatic N) is 1. The van der Waals surface area contributed by atoms with Crippen LogP contribution in [0.25, 0.3) is 10.9 Å². The molecule has 0 aliphatic carbocycles. The standard InChI is InChI=1S/C24H27BrN2O5/c1-24(30)20(32-23(29)21(24)28)10-6-14-3-7-16-12-18(25)22(27-19(16)11-14)26-13-15-4-8-17(31-2)9-5-15/h3-5,7-9,11-12,20-21,23,28-30H,6,10,13H2,1-2H3,(H,26,27)/t20-,21+,23+,24-/m1/s1. The molecule has 4 rings (SSSR count). The summed E-state index contributed by atoms with van der Waals surface area (Å²) in [6.07, 6.45) is -2.26. The van der Waals surface area contributed by atoms with E-state index in [9.17, 15) is 15.3 Å². The van der Waals surface area contributed by atoms with E-state index in [2.05, 4.69) is 21.2 Å². The second-order valence-corrected chi connectivity index (χ2v) is 9.13. The van der Waals surface area contributed by atoms with Crippen LogP contribution in [0.15, 0.2) is 53.0 Å². The van der Waals surface area contributed by atoms with Crippen molar-refractivity contribution >= 4 is 32.7 Å². The molecule has 170 valence electrons. The van der Waals surface area contributed by atoms with E-state index >= 15 is 0 Å². The predicted octanol–water partition coefficient (Wildman–Crippen LogP) is 3.38. The highest BCUT2D eigenvalue weighted by atomic mass is 79.9. The minimum absolute atomic E-state index is 0.464. The van der Waals surface area contributed by atoms with Crippen molar-refractivity contribution in [1.29, 1.82) is 0 Å². The van der Waals surface area contributed by atoms with Crippen molar-refractivity contribution in [2.24, 2.45) is 0 Å². The SMILES string of the molecule is COc1ccc(CNc2nc3cc(CC[C@H]4O[C@H](O)[C@H](O)[C@]4(C)O)ccc3cc2Br)cc1. The molecule has 0 radical (unpaired) electrons. The van der Waals surface area contributed by atoms with Crippen molar-refractivity contribution in [2.45, 2.75) is 50.4 Å². The number of nitrogens with one attached hydrogen (secondary N) is 1. The zero-order valence-electron chi connectivity index (χ0n) is 18.0. The molecule has 4 atom stereocenters. The van der Waals surface area contributed by atoms with Gasteiger partial charge in [-0.2, -0.15) is 0 Å². The summed E-state index contributed by atoms with van der Waals surface area (Å²) in [5, 5.41) is 34.4. The Morgan fingerprint density at radius 3 is 2.50 bits per heavy atom. The van der Waals surface area contributed by atoms with E-state index in [4.69, 9.17) is 14.5 Å². The molecule has 32 heavy (non-hydrogen) atoms. The maximum absolute atomic E-state index is 10.4. The lowest BCUT2D eigenvalue weighted by Gasteiger charge is -2.26. The molecule has 7 nitrogen and oxygen atoms in total. The number of halogens is 1. The average Bonchev–Trinajstić information content (AvgIpc) is 2.98. The first-order valence-electron chi connectivity index (χ1n) is 10.5. The first kappa shape index (κ1) is 22.9. The third-order valence-electron chi connectivity index (χ3n) is 5.97. The number of benzene rings is 2. The first-order valence-corrected chi connectivity index (χ1v) is 11.3. The minimum Gasteiger partial charge on any atom is -0.497 e. The number of pyridine rings is 1. The van der Waals surface area contributed by atoms with Crippen molar-refractivity contribution in [3.8, 4) is 5.75 Å². The molecule has 0 bridgehead atoms. The third kappa shape index (κ3) is 4.74. The quantitative estimate of drug-likeness (QED) is 0.392. The summed E-state index contributed by atoms with van der Waals surface area (Å²) in [5.74, 6) is 1.57. The van der Waals surface area contributed by atoms with E-state index in [1.54, 1.807) is 7.11 Å². The van der Waals surface area contributed by atoms with Gasteiger partial charge in [0.15, 0.2) is 6.29 Å². The van der Waals surface area contributed by atoms with Gasteiger partial charge in [0.2, 0.25) is 0 Å². The zero-order chi connectivity index (χ0) is 22.9. The summed E-state index contributed by atoms with van der Waals surface area (Å²) in [6.45, 7) is 2.11. The summed E-state index contributed by atoms with van der Waals surface area (Å²) in [6, 6.07) is 15.9. The molecule has 1 fully saturated rings. The number of aliphatic hydroxyl groups excluding tert-OH is 2. The molecule has 0 spiro atoms. The van der Waals surface area contributed by atoms with Crippen LogP contribution in [0.4, 0.5) is 5.82 Å². The second-order valence-electron chi connectivity index (χ2n) is 8.27. The van der Waals surface area contributed by atoms with E-state index in [1.165, 1.54) is 6.92 Å². The number of fused-ring (bicyclic) bond motifs is 1. The Hall–Kier alpha value is -2.23. The van der Waals surface area contributed by atoms with Gasteiger partial charge in [-0.1, -0.05) is 24.3 Å². The number of hydrogen-bond donors (Lipinski definition) is 4. The Kier molecular flexibility index (Phi) is 6.69. The molecule has 2 heterocycles. The molecule has 2 aromatic carbocycles. The fourth-order valence-electron chi connectivity index (χ4n) is 3.91. The topological polar surface area (TPSA) is 104 Å². The molecule has 1 saturated heterocycles. The van der Waals surface area contributed by atoms with Crippen molar-refractivity contribution in [3.05, 3.63) is 64.1 Å². The minimum atomic E-state index is -1.49. The van der Waals surface area contributed by atoms with Crippen LogP contribution in [-0.4, -0.2) is 51.5 Å². The Morgan fingerprint density at radius 1 is 1.12 bits per heavy atom. The summed E-state index contributed by atoms with van der Waals surface area (Å²) < 4.78 is 11.4. The maximum atomic E-state index is 10.4. The monoisotopic (exact) mass is 502 g/mol. The first-order chi connectivity index (χ1) is 15.3. The highest BCUT2D eigenvalue weighted by molar-refractivity contribution is 9.10. The largest absolute Gasteiger partial charge is 0.497 e. The lowest BCUT2D eigenvalue weighted by atomic mass is 9.91. The van der Waals surface area contributed by atoms with Gasteiger partial charge in [-0.05, 0) is 71.1 Å². The highest BCUT2D eigenvalue weighted by Crippen LogP contribution is 2.33.